The molecule has 4 nitrogen and oxygen atoms in total. The fraction of sp³-hybridized carbons (Fsp3) is 0.300. The number of halogens is 1. The lowest BCUT2D eigenvalue weighted by atomic mass is 10.1. The van der Waals surface area contributed by atoms with Gasteiger partial charge in [0, 0.05) is 12.3 Å². The van der Waals surface area contributed by atoms with Crippen LogP contribution in [0, 0.1) is 0 Å². The number of para-hydroxylation sites is 1. The number of nitrogens with zero attached hydrogens (tertiary/aromatic N) is 1. The van der Waals surface area contributed by atoms with Gasteiger partial charge in [0.2, 0.25) is 0 Å². The van der Waals surface area contributed by atoms with E-state index in [9.17, 15) is 10.0 Å². The third-order valence-electron chi connectivity index (χ3n) is 2.22. The zero-order chi connectivity index (χ0) is 10.8. The maximum Gasteiger partial charge on any atom is 0.284 e. The van der Waals surface area contributed by atoms with Crippen molar-refractivity contribution in [2.75, 3.05) is 5.88 Å². The van der Waals surface area contributed by atoms with Crippen LogP contribution < -0.4 is 4.74 Å². The molecule has 1 aromatic rings. The zero-order valence-corrected chi connectivity index (χ0v) is 8.65. The van der Waals surface area contributed by atoms with Crippen LogP contribution in [-0.2, 0) is 0 Å². The largest absolute Gasteiger partial charge is 0.467 e. The van der Waals surface area contributed by atoms with Gasteiger partial charge in [0.15, 0.2) is 6.23 Å². The molecule has 0 spiro atoms. The highest BCUT2D eigenvalue weighted by Crippen LogP contribution is 2.27. The molecule has 1 atom stereocenters. The molecule has 1 aromatic carbocycles. The van der Waals surface area contributed by atoms with E-state index in [0.717, 1.165) is 0 Å². The Kier molecular flexibility index (Phi) is 2.79. The molecule has 0 aliphatic carbocycles. The van der Waals surface area contributed by atoms with E-state index in [4.69, 9.17) is 16.3 Å². The van der Waals surface area contributed by atoms with Gasteiger partial charge < -0.3 is 4.74 Å². The fourth-order valence-electron chi connectivity index (χ4n) is 1.47. The van der Waals surface area contributed by atoms with E-state index in [-0.39, 0.29) is 0 Å². The summed E-state index contributed by atoms with van der Waals surface area (Å²) in [4.78, 5) is 11.7. The molecule has 0 saturated heterocycles. The molecule has 0 saturated carbocycles. The van der Waals surface area contributed by atoms with Crippen LogP contribution in [0.15, 0.2) is 24.3 Å². The van der Waals surface area contributed by atoms with Crippen LogP contribution in [0.2, 0.25) is 0 Å². The minimum atomic E-state index is -0.690. The first kappa shape index (κ1) is 10.3. The quantitative estimate of drug-likeness (QED) is 0.620. The lowest BCUT2D eigenvalue weighted by Gasteiger charge is -2.31. The maximum absolute atomic E-state index is 11.7. The topological polar surface area (TPSA) is 49.8 Å². The molecular formula is C10H10ClNO3. The molecule has 2 rings (SSSR count). The number of carbonyl (C=O) groups excluding carboxylic acids is 1. The first-order valence-corrected chi connectivity index (χ1v) is 5.11. The first-order chi connectivity index (χ1) is 7.24. The highest BCUT2D eigenvalue weighted by Gasteiger charge is 2.32. The number of hydroxylamine groups is 2. The molecule has 80 valence electrons. The van der Waals surface area contributed by atoms with Gasteiger partial charge in [-0.05, 0) is 12.1 Å². The Balaban J connectivity index is 2.32. The number of alkyl halides is 1. The van der Waals surface area contributed by atoms with Crippen LogP contribution in [0.5, 0.6) is 5.75 Å². The van der Waals surface area contributed by atoms with Crippen molar-refractivity contribution in [3.8, 4) is 5.75 Å². The molecule has 1 aliphatic rings. The van der Waals surface area contributed by atoms with Gasteiger partial charge >= 0.3 is 0 Å². The summed E-state index contributed by atoms with van der Waals surface area (Å²) in [7, 11) is 0. The molecule has 0 bridgehead atoms. The number of benzene rings is 1. The van der Waals surface area contributed by atoms with E-state index in [1.54, 1.807) is 24.3 Å². The standard InChI is InChI=1S/C10H10ClNO3/c11-6-5-9-12(14)10(13)7-3-1-2-4-8(7)15-9/h1-4,9,14H,5-6H2. The van der Waals surface area contributed by atoms with Crippen molar-refractivity contribution in [3.05, 3.63) is 29.8 Å². The Hall–Kier alpha value is -1.26. The second kappa shape index (κ2) is 4.08. The molecule has 1 unspecified atom stereocenters. The van der Waals surface area contributed by atoms with Crippen molar-refractivity contribution >= 4 is 17.5 Å². The number of amides is 1. The van der Waals surface area contributed by atoms with Crippen LogP contribution >= 0.6 is 11.6 Å². The Morgan fingerprint density at radius 1 is 1.47 bits per heavy atom. The van der Waals surface area contributed by atoms with Gasteiger partial charge in [-0.3, -0.25) is 10.0 Å². The fourth-order valence-corrected chi connectivity index (χ4v) is 1.66. The van der Waals surface area contributed by atoms with Crippen molar-refractivity contribution in [2.45, 2.75) is 12.6 Å². The minimum Gasteiger partial charge on any atom is -0.467 e. The highest BCUT2D eigenvalue weighted by molar-refractivity contribution is 6.17. The van der Waals surface area contributed by atoms with Crippen molar-refractivity contribution in [3.63, 3.8) is 0 Å². The minimum absolute atomic E-state index is 0.317. The smallest absolute Gasteiger partial charge is 0.284 e. The van der Waals surface area contributed by atoms with Gasteiger partial charge in [-0.2, -0.15) is 5.06 Å². The van der Waals surface area contributed by atoms with Crippen LogP contribution in [0.25, 0.3) is 0 Å². The lowest BCUT2D eigenvalue weighted by molar-refractivity contribution is -0.154. The molecular weight excluding hydrogens is 218 g/mol. The van der Waals surface area contributed by atoms with Crippen molar-refractivity contribution < 1.29 is 14.7 Å². The molecule has 0 radical (unpaired) electrons. The Morgan fingerprint density at radius 3 is 2.93 bits per heavy atom. The van der Waals surface area contributed by atoms with Gasteiger partial charge in [0.25, 0.3) is 5.91 Å². The van der Waals surface area contributed by atoms with Crippen LogP contribution in [-0.4, -0.2) is 28.3 Å². The van der Waals surface area contributed by atoms with Gasteiger partial charge in [-0.1, -0.05) is 12.1 Å². The maximum atomic E-state index is 11.7. The second-order valence-electron chi connectivity index (χ2n) is 3.20. The SMILES string of the molecule is O=C1c2ccccc2OC(CCCl)N1O. The summed E-state index contributed by atoms with van der Waals surface area (Å²) >= 11 is 5.55. The van der Waals surface area contributed by atoms with E-state index >= 15 is 0 Å². The van der Waals surface area contributed by atoms with Gasteiger partial charge in [-0.15, -0.1) is 11.6 Å². The van der Waals surface area contributed by atoms with Gasteiger partial charge in [0.1, 0.15) is 5.75 Å². The van der Waals surface area contributed by atoms with Crippen LogP contribution in [0.1, 0.15) is 16.8 Å². The summed E-state index contributed by atoms with van der Waals surface area (Å²) in [5.74, 6) is 0.354. The van der Waals surface area contributed by atoms with E-state index in [1.165, 1.54) is 0 Å². The summed E-state index contributed by atoms with van der Waals surface area (Å²) in [5.41, 5.74) is 0.367. The average molecular weight is 228 g/mol. The molecule has 5 heteroatoms. The average Bonchev–Trinajstić information content (AvgIpc) is 2.26. The number of carbonyl (C=O) groups is 1. The van der Waals surface area contributed by atoms with Gasteiger partial charge in [-0.25, -0.2) is 0 Å². The monoisotopic (exact) mass is 227 g/mol. The molecule has 1 N–H and O–H groups in total. The number of ether oxygens (including phenoxy) is 1. The summed E-state index contributed by atoms with van der Waals surface area (Å²) in [6.45, 7) is 0. The van der Waals surface area contributed by atoms with E-state index in [2.05, 4.69) is 0 Å². The molecule has 1 aliphatic heterocycles. The van der Waals surface area contributed by atoms with Crippen LogP contribution in [0.3, 0.4) is 0 Å². The normalized spacial score (nSPS) is 19.7. The third kappa shape index (κ3) is 1.78. The zero-order valence-electron chi connectivity index (χ0n) is 7.89. The van der Waals surface area contributed by atoms with Crippen molar-refractivity contribution in [1.82, 2.24) is 5.06 Å². The molecule has 1 heterocycles. The van der Waals surface area contributed by atoms with Crippen molar-refractivity contribution in [2.24, 2.45) is 0 Å². The number of rotatable bonds is 2. The number of hydrogen-bond acceptors (Lipinski definition) is 3. The predicted octanol–water partition coefficient (Wildman–Crippen LogP) is 1.87. The molecule has 0 fully saturated rings. The van der Waals surface area contributed by atoms with Crippen LogP contribution in [0.4, 0.5) is 0 Å². The van der Waals surface area contributed by atoms with E-state index in [0.29, 0.717) is 28.7 Å². The lowest BCUT2D eigenvalue weighted by Crippen LogP contribution is -2.45. The Morgan fingerprint density at radius 2 is 2.20 bits per heavy atom. The summed E-state index contributed by atoms with van der Waals surface area (Å²) in [6, 6.07) is 6.80. The molecule has 15 heavy (non-hydrogen) atoms. The van der Waals surface area contributed by atoms with Gasteiger partial charge in [0.05, 0.1) is 5.56 Å². The Labute approximate surface area is 92.0 Å². The van der Waals surface area contributed by atoms with E-state index in [1.807, 2.05) is 0 Å². The number of hydrogen-bond donors (Lipinski definition) is 1. The first-order valence-electron chi connectivity index (χ1n) is 4.58. The molecule has 0 aromatic heterocycles. The molecule has 1 amide bonds. The predicted molar refractivity (Wildman–Crippen MR) is 54.2 cm³/mol. The highest BCUT2D eigenvalue weighted by atomic mass is 35.5. The Bertz CT molecular complexity index is 383. The number of fused-ring (bicyclic) bond motifs is 1. The third-order valence-corrected chi connectivity index (χ3v) is 2.44. The van der Waals surface area contributed by atoms with E-state index < -0.39 is 12.1 Å². The second-order valence-corrected chi connectivity index (χ2v) is 3.57. The van der Waals surface area contributed by atoms with Crippen molar-refractivity contribution in [1.29, 1.82) is 0 Å². The summed E-state index contributed by atoms with van der Waals surface area (Å²) < 4.78 is 5.43. The summed E-state index contributed by atoms with van der Waals surface area (Å²) in [6.07, 6.45) is -0.303. The summed E-state index contributed by atoms with van der Waals surface area (Å²) in [5, 5.41) is 10.1.